The first-order chi connectivity index (χ1) is 9.61. The van der Waals surface area contributed by atoms with Gasteiger partial charge >= 0.3 is 5.97 Å². The van der Waals surface area contributed by atoms with Crippen LogP contribution in [-0.4, -0.2) is 13.1 Å². The number of nitrogens with two attached hydrogens (primary N) is 1. The molecule has 0 spiro atoms. The number of anilines is 1. The van der Waals surface area contributed by atoms with E-state index in [-0.39, 0.29) is 0 Å². The average Bonchev–Trinajstić information content (AvgIpc) is 2.46. The van der Waals surface area contributed by atoms with Crippen molar-refractivity contribution >= 4 is 39.3 Å². The highest BCUT2D eigenvalue weighted by Gasteiger charge is 2.15. The Bertz CT molecular complexity index is 614. The molecule has 3 nitrogen and oxygen atoms in total. The molecule has 20 heavy (non-hydrogen) atoms. The summed E-state index contributed by atoms with van der Waals surface area (Å²) in [4.78, 5) is 12.9. The van der Waals surface area contributed by atoms with Gasteiger partial charge in [-0.15, -0.1) is 11.8 Å². The zero-order valence-corrected chi connectivity index (χ0v) is 13.3. The summed E-state index contributed by atoms with van der Waals surface area (Å²) in [6.07, 6.45) is 0. The highest BCUT2D eigenvalue weighted by atomic mass is 79.9. The van der Waals surface area contributed by atoms with Gasteiger partial charge in [0, 0.05) is 20.8 Å². The van der Waals surface area contributed by atoms with Crippen molar-refractivity contribution in [3.8, 4) is 0 Å². The van der Waals surface area contributed by atoms with E-state index in [0.29, 0.717) is 17.0 Å². The summed E-state index contributed by atoms with van der Waals surface area (Å²) in [5.41, 5.74) is 7.66. The minimum atomic E-state index is -0.394. The van der Waals surface area contributed by atoms with Crippen LogP contribution in [0.1, 0.15) is 15.9 Å². The lowest BCUT2D eigenvalue weighted by atomic mass is 10.1. The fourth-order valence-corrected chi connectivity index (χ4v) is 2.94. The number of benzene rings is 2. The van der Waals surface area contributed by atoms with Crippen molar-refractivity contribution < 1.29 is 9.53 Å². The molecule has 0 radical (unpaired) electrons. The molecule has 0 aliphatic heterocycles. The van der Waals surface area contributed by atoms with Gasteiger partial charge in [-0.25, -0.2) is 4.79 Å². The van der Waals surface area contributed by atoms with Gasteiger partial charge in [0.1, 0.15) is 0 Å². The standard InChI is InChI=1S/C15H14BrNO2S/c1-19-15(18)14-10(3-2-4-13(14)17)9-20-12-7-5-11(16)6-8-12/h2-8H,9,17H2,1H3. The third kappa shape index (κ3) is 3.55. The smallest absolute Gasteiger partial charge is 0.340 e. The molecule has 2 aromatic carbocycles. The molecule has 0 aliphatic rings. The second-order valence-corrected chi connectivity index (χ2v) is 6.08. The van der Waals surface area contributed by atoms with Gasteiger partial charge < -0.3 is 10.5 Å². The van der Waals surface area contributed by atoms with Gasteiger partial charge in [-0.3, -0.25) is 0 Å². The SMILES string of the molecule is COC(=O)c1c(N)cccc1CSc1ccc(Br)cc1. The minimum Gasteiger partial charge on any atom is -0.465 e. The first-order valence-corrected chi connectivity index (χ1v) is 7.73. The molecule has 0 saturated heterocycles. The van der Waals surface area contributed by atoms with Crippen LogP contribution in [-0.2, 0) is 10.5 Å². The van der Waals surface area contributed by atoms with Crippen LogP contribution in [0.4, 0.5) is 5.69 Å². The zero-order chi connectivity index (χ0) is 14.5. The number of rotatable bonds is 4. The van der Waals surface area contributed by atoms with Gasteiger partial charge in [0.2, 0.25) is 0 Å². The lowest BCUT2D eigenvalue weighted by Crippen LogP contribution is -2.09. The molecule has 2 N–H and O–H groups in total. The molecule has 0 heterocycles. The first-order valence-electron chi connectivity index (χ1n) is 5.96. The molecule has 2 aromatic rings. The van der Waals surface area contributed by atoms with Gasteiger partial charge in [-0.2, -0.15) is 0 Å². The second kappa shape index (κ2) is 6.81. The summed E-state index contributed by atoms with van der Waals surface area (Å²) >= 11 is 5.05. The number of carbonyl (C=O) groups is 1. The maximum Gasteiger partial charge on any atom is 0.340 e. The van der Waals surface area contributed by atoms with Gasteiger partial charge in [0.05, 0.1) is 12.7 Å². The van der Waals surface area contributed by atoms with Crippen LogP contribution in [0.2, 0.25) is 0 Å². The summed E-state index contributed by atoms with van der Waals surface area (Å²) in [6.45, 7) is 0. The van der Waals surface area contributed by atoms with Crippen molar-refractivity contribution in [3.05, 3.63) is 58.1 Å². The predicted octanol–water partition coefficient (Wildman–Crippen LogP) is 4.11. The molecule has 0 amide bonds. The minimum absolute atomic E-state index is 0.394. The number of hydrogen-bond acceptors (Lipinski definition) is 4. The van der Waals surface area contributed by atoms with Crippen LogP contribution in [0, 0.1) is 0 Å². The predicted molar refractivity (Wildman–Crippen MR) is 85.9 cm³/mol. The van der Waals surface area contributed by atoms with Crippen molar-refractivity contribution in [1.29, 1.82) is 0 Å². The lowest BCUT2D eigenvalue weighted by molar-refractivity contribution is 0.0601. The van der Waals surface area contributed by atoms with E-state index in [2.05, 4.69) is 15.9 Å². The van der Waals surface area contributed by atoms with E-state index in [1.807, 2.05) is 36.4 Å². The number of thioether (sulfide) groups is 1. The van der Waals surface area contributed by atoms with Crippen LogP contribution < -0.4 is 5.73 Å². The molecule has 0 bridgehead atoms. The van der Waals surface area contributed by atoms with E-state index in [0.717, 1.165) is 14.9 Å². The third-order valence-electron chi connectivity index (χ3n) is 2.78. The second-order valence-electron chi connectivity index (χ2n) is 4.12. The molecule has 0 atom stereocenters. The topological polar surface area (TPSA) is 52.3 Å². The Hall–Kier alpha value is -1.46. The summed E-state index contributed by atoms with van der Waals surface area (Å²) in [7, 11) is 1.36. The van der Waals surface area contributed by atoms with Crippen molar-refractivity contribution in [2.45, 2.75) is 10.6 Å². The molecule has 0 unspecified atom stereocenters. The fraction of sp³-hybridized carbons (Fsp3) is 0.133. The molecule has 0 fully saturated rings. The lowest BCUT2D eigenvalue weighted by Gasteiger charge is -2.10. The Morgan fingerprint density at radius 3 is 2.60 bits per heavy atom. The van der Waals surface area contributed by atoms with Crippen LogP contribution in [0.5, 0.6) is 0 Å². The van der Waals surface area contributed by atoms with E-state index in [9.17, 15) is 4.79 Å². The van der Waals surface area contributed by atoms with Crippen LogP contribution in [0.25, 0.3) is 0 Å². The van der Waals surface area contributed by atoms with E-state index in [1.54, 1.807) is 17.8 Å². The van der Waals surface area contributed by atoms with Crippen LogP contribution >= 0.6 is 27.7 Å². The highest BCUT2D eigenvalue weighted by molar-refractivity contribution is 9.10. The van der Waals surface area contributed by atoms with E-state index in [1.165, 1.54) is 7.11 Å². The van der Waals surface area contributed by atoms with Gasteiger partial charge in [-0.05, 0) is 35.9 Å². The van der Waals surface area contributed by atoms with Crippen molar-refractivity contribution in [2.75, 3.05) is 12.8 Å². The summed E-state index contributed by atoms with van der Waals surface area (Å²) in [6, 6.07) is 13.5. The largest absolute Gasteiger partial charge is 0.465 e. The van der Waals surface area contributed by atoms with Gasteiger partial charge in [0.15, 0.2) is 0 Å². The molecule has 104 valence electrons. The number of nitrogen functional groups attached to an aromatic ring is 1. The Morgan fingerprint density at radius 1 is 1.25 bits per heavy atom. The Labute approximate surface area is 130 Å². The Kier molecular flexibility index (Phi) is 5.09. The van der Waals surface area contributed by atoms with Crippen LogP contribution in [0.3, 0.4) is 0 Å². The highest BCUT2D eigenvalue weighted by Crippen LogP contribution is 2.28. The molecular formula is C15H14BrNO2S. The van der Waals surface area contributed by atoms with Crippen molar-refractivity contribution in [2.24, 2.45) is 0 Å². The first kappa shape index (κ1) is 14.9. The number of hydrogen-bond donors (Lipinski definition) is 1. The molecule has 2 rings (SSSR count). The van der Waals surface area contributed by atoms with E-state index in [4.69, 9.17) is 10.5 Å². The third-order valence-corrected chi connectivity index (χ3v) is 4.37. The van der Waals surface area contributed by atoms with Crippen molar-refractivity contribution in [3.63, 3.8) is 0 Å². The Balaban J connectivity index is 2.19. The number of carbonyl (C=O) groups excluding carboxylic acids is 1. The number of methoxy groups -OCH3 is 1. The summed E-state index contributed by atoms with van der Waals surface area (Å²) < 4.78 is 5.83. The van der Waals surface area contributed by atoms with E-state index >= 15 is 0 Å². The molecule has 5 heteroatoms. The number of ether oxygens (including phenoxy) is 1. The molecular weight excluding hydrogens is 338 g/mol. The van der Waals surface area contributed by atoms with E-state index < -0.39 is 5.97 Å². The van der Waals surface area contributed by atoms with Crippen molar-refractivity contribution in [1.82, 2.24) is 0 Å². The fourth-order valence-electron chi connectivity index (χ4n) is 1.78. The Morgan fingerprint density at radius 2 is 1.95 bits per heavy atom. The maximum absolute atomic E-state index is 11.8. The monoisotopic (exact) mass is 351 g/mol. The molecule has 0 saturated carbocycles. The zero-order valence-electron chi connectivity index (χ0n) is 10.9. The quantitative estimate of drug-likeness (QED) is 0.511. The summed E-state index contributed by atoms with van der Waals surface area (Å²) in [5, 5.41) is 0. The average molecular weight is 352 g/mol. The van der Waals surface area contributed by atoms with Gasteiger partial charge in [-0.1, -0.05) is 28.1 Å². The molecule has 0 aromatic heterocycles. The number of esters is 1. The normalized spacial score (nSPS) is 10.3. The number of halogens is 1. The van der Waals surface area contributed by atoms with Gasteiger partial charge in [0.25, 0.3) is 0 Å². The molecule has 0 aliphatic carbocycles. The maximum atomic E-state index is 11.8. The van der Waals surface area contributed by atoms with Crippen LogP contribution in [0.15, 0.2) is 51.8 Å². The summed E-state index contributed by atoms with van der Waals surface area (Å²) in [5.74, 6) is 0.270.